The topological polar surface area (TPSA) is 62.3 Å². The van der Waals surface area contributed by atoms with E-state index in [1.165, 1.54) is 11.1 Å². The van der Waals surface area contributed by atoms with E-state index in [2.05, 4.69) is 38.9 Å². The highest BCUT2D eigenvalue weighted by Gasteiger charge is 2.18. The summed E-state index contributed by atoms with van der Waals surface area (Å²) in [6.07, 6.45) is 2.72. The van der Waals surface area contributed by atoms with Gasteiger partial charge in [0.15, 0.2) is 0 Å². The van der Waals surface area contributed by atoms with Crippen LogP contribution in [0.25, 0.3) is 0 Å². The molecule has 4 rings (SSSR count). The molecule has 0 aliphatic carbocycles. The van der Waals surface area contributed by atoms with Gasteiger partial charge in [-0.25, -0.2) is 13.4 Å². The summed E-state index contributed by atoms with van der Waals surface area (Å²) in [4.78, 5) is 6.79. The summed E-state index contributed by atoms with van der Waals surface area (Å²) in [5, 5.41) is 0. The molecular formula is C21H21N3O2S. The number of hydrogen-bond donors (Lipinski definition) is 1. The Balaban J connectivity index is 1.49. The molecule has 0 saturated heterocycles. The van der Waals surface area contributed by atoms with Crippen LogP contribution >= 0.6 is 0 Å². The second kappa shape index (κ2) is 7.04. The van der Waals surface area contributed by atoms with Crippen molar-refractivity contribution in [1.82, 2.24) is 4.98 Å². The van der Waals surface area contributed by atoms with Crippen molar-refractivity contribution in [2.75, 3.05) is 16.2 Å². The minimum absolute atomic E-state index is 0.228. The fourth-order valence-corrected chi connectivity index (χ4v) is 4.27. The lowest BCUT2D eigenvalue weighted by molar-refractivity contribution is 0.601. The molecule has 1 aromatic heterocycles. The number of benzene rings is 2. The van der Waals surface area contributed by atoms with Crippen LogP contribution < -0.4 is 9.62 Å². The third kappa shape index (κ3) is 3.80. The lowest BCUT2D eigenvalue weighted by atomic mass is 10.00. The first kappa shape index (κ1) is 17.5. The standard InChI is InChI=1S/C21H21N3O2S/c1-16-6-9-20(10-7-16)27(25,26)23-21-11-8-19(14-22-21)24-13-12-17-4-2-3-5-18(17)15-24/h2-11,14H,12-13,15H2,1H3,(H,22,23). The third-order valence-corrected chi connectivity index (χ3v) is 6.18. The molecule has 0 fully saturated rings. The summed E-state index contributed by atoms with van der Waals surface area (Å²) < 4.78 is 27.5. The van der Waals surface area contributed by atoms with Crippen LogP contribution in [0.4, 0.5) is 11.5 Å². The quantitative estimate of drug-likeness (QED) is 0.750. The van der Waals surface area contributed by atoms with Gasteiger partial charge in [-0.15, -0.1) is 0 Å². The van der Waals surface area contributed by atoms with Gasteiger partial charge in [-0.3, -0.25) is 4.72 Å². The van der Waals surface area contributed by atoms with E-state index in [0.29, 0.717) is 5.82 Å². The highest BCUT2D eigenvalue weighted by atomic mass is 32.2. The Morgan fingerprint density at radius 1 is 0.963 bits per heavy atom. The van der Waals surface area contributed by atoms with E-state index < -0.39 is 10.0 Å². The Morgan fingerprint density at radius 3 is 2.41 bits per heavy atom. The van der Waals surface area contributed by atoms with Crippen LogP contribution in [0.5, 0.6) is 0 Å². The van der Waals surface area contributed by atoms with Crippen LogP contribution in [0.15, 0.2) is 71.8 Å². The molecule has 0 atom stereocenters. The largest absolute Gasteiger partial charge is 0.366 e. The number of fused-ring (bicyclic) bond motifs is 1. The number of aryl methyl sites for hydroxylation is 1. The van der Waals surface area contributed by atoms with Crippen molar-refractivity contribution in [3.63, 3.8) is 0 Å². The van der Waals surface area contributed by atoms with E-state index in [-0.39, 0.29) is 4.90 Å². The van der Waals surface area contributed by atoms with E-state index in [9.17, 15) is 8.42 Å². The van der Waals surface area contributed by atoms with Gasteiger partial charge in [-0.1, -0.05) is 42.0 Å². The van der Waals surface area contributed by atoms with Gasteiger partial charge in [-0.2, -0.15) is 0 Å². The molecule has 0 unspecified atom stereocenters. The first-order valence-corrected chi connectivity index (χ1v) is 10.4. The number of pyridine rings is 1. The Morgan fingerprint density at radius 2 is 1.70 bits per heavy atom. The Hall–Kier alpha value is -2.86. The maximum absolute atomic E-state index is 12.5. The second-order valence-electron chi connectivity index (χ2n) is 6.76. The van der Waals surface area contributed by atoms with Crippen molar-refractivity contribution in [2.45, 2.75) is 24.8 Å². The van der Waals surface area contributed by atoms with E-state index in [1.807, 2.05) is 13.0 Å². The van der Waals surface area contributed by atoms with Crippen molar-refractivity contribution in [3.8, 4) is 0 Å². The SMILES string of the molecule is Cc1ccc(S(=O)(=O)Nc2ccc(N3CCc4ccccc4C3)cn2)cc1. The molecule has 2 heterocycles. The molecule has 138 valence electrons. The smallest absolute Gasteiger partial charge is 0.263 e. The van der Waals surface area contributed by atoms with Crippen molar-refractivity contribution in [2.24, 2.45) is 0 Å². The van der Waals surface area contributed by atoms with Crippen LogP contribution in [-0.2, 0) is 23.0 Å². The molecule has 0 amide bonds. The fraction of sp³-hybridized carbons (Fsp3) is 0.190. The first-order valence-electron chi connectivity index (χ1n) is 8.88. The van der Waals surface area contributed by atoms with Crippen LogP contribution in [0.3, 0.4) is 0 Å². The third-order valence-electron chi connectivity index (χ3n) is 4.81. The van der Waals surface area contributed by atoms with Gasteiger partial charge in [-0.05, 0) is 48.7 Å². The molecule has 1 aliphatic heterocycles. The summed E-state index contributed by atoms with van der Waals surface area (Å²) in [5.74, 6) is 0.316. The van der Waals surface area contributed by atoms with E-state index in [4.69, 9.17) is 0 Å². The average molecular weight is 379 g/mol. The van der Waals surface area contributed by atoms with Crippen LogP contribution in [0.1, 0.15) is 16.7 Å². The zero-order chi connectivity index (χ0) is 18.9. The predicted octanol–water partition coefficient (Wildman–Crippen LogP) is 3.75. The molecule has 5 nitrogen and oxygen atoms in total. The summed E-state index contributed by atoms with van der Waals surface area (Å²) in [6.45, 7) is 3.68. The molecule has 1 aliphatic rings. The van der Waals surface area contributed by atoms with E-state index in [1.54, 1.807) is 36.5 Å². The summed E-state index contributed by atoms with van der Waals surface area (Å²) >= 11 is 0. The minimum Gasteiger partial charge on any atom is -0.366 e. The van der Waals surface area contributed by atoms with Gasteiger partial charge in [0, 0.05) is 13.1 Å². The number of anilines is 2. The highest BCUT2D eigenvalue weighted by molar-refractivity contribution is 7.92. The van der Waals surface area contributed by atoms with Gasteiger partial charge in [0.25, 0.3) is 10.0 Å². The van der Waals surface area contributed by atoms with Crippen LogP contribution in [0.2, 0.25) is 0 Å². The molecule has 2 aromatic carbocycles. The first-order chi connectivity index (χ1) is 13.0. The number of aromatic nitrogens is 1. The Labute approximate surface area is 159 Å². The molecule has 0 bridgehead atoms. The van der Waals surface area contributed by atoms with Gasteiger partial charge >= 0.3 is 0 Å². The second-order valence-corrected chi connectivity index (χ2v) is 8.44. The van der Waals surface area contributed by atoms with Gasteiger partial charge in [0.05, 0.1) is 16.8 Å². The molecular weight excluding hydrogens is 358 g/mol. The van der Waals surface area contributed by atoms with Gasteiger partial charge < -0.3 is 4.90 Å². The molecule has 0 spiro atoms. The Kier molecular flexibility index (Phi) is 4.58. The van der Waals surface area contributed by atoms with Crippen molar-refractivity contribution in [3.05, 3.63) is 83.6 Å². The zero-order valence-electron chi connectivity index (χ0n) is 15.1. The summed E-state index contributed by atoms with van der Waals surface area (Å²) in [6, 6.07) is 18.8. The molecule has 27 heavy (non-hydrogen) atoms. The predicted molar refractivity (Wildman–Crippen MR) is 107 cm³/mol. The Bertz CT molecular complexity index is 1050. The maximum atomic E-state index is 12.5. The monoisotopic (exact) mass is 379 g/mol. The average Bonchev–Trinajstić information content (AvgIpc) is 2.68. The van der Waals surface area contributed by atoms with Crippen LogP contribution in [0, 0.1) is 6.92 Å². The van der Waals surface area contributed by atoms with E-state index >= 15 is 0 Å². The number of nitrogens with zero attached hydrogens (tertiary/aromatic N) is 2. The lowest BCUT2D eigenvalue weighted by Gasteiger charge is -2.30. The minimum atomic E-state index is -3.63. The molecule has 0 saturated carbocycles. The lowest BCUT2D eigenvalue weighted by Crippen LogP contribution is -2.30. The van der Waals surface area contributed by atoms with Gasteiger partial charge in [0.2, 0.25) is 0 Å². The van der Waals surface area contributed by atoms with Crippen molar-refractivity contribution >= 4 is 21.5 Å². The zero-order valence-corrected chi connectivity index (χ0v) is 15.9. The van der Waals surface area contributed by atoms with Crippen LogP contribution in [-0.4, -0.2) is 19.9 Å². The van der Waals surface area contributed by atoms with Crippen molar-refractivity contribution < 1.29 is 8.42 Å². The van der Waals surface area contributed by atoms with Crippen molar-refractivity contribution in [1.29, 1.82) is 0 Å². The van der Waals surface area contributed by atoms with Gasteiger partial charge in [0.1, 0.15) is 5.82 Å². The molecule has 3 aromatic rings. The maximum Gasteiger partial charge on any atom is 0.263 e. The highest BCUT2D eigenvalue weighted by Crippen LogP contribution is 2.25. The fourth-order valence-electron chi connectivity index (χ4n) is 3.26. The van der Waals surface area contributed by atoms with E-state index in [0.717, 1.165) is 30.8 Å². The molecule has 1 N–H and O–H groups in total. The number of hydrogen-bond acceptors (Lipinski definition) is 4. The number of sulfonamides is 1. The number of rotatable bonds is 4. The number of nitrogens with one attached hydrogen (secondary N) is 1. The molecule has 6 heteroatoms. The molecule has 0 radical (unpaired) electrons. The normalized spacial score (nSPS) is 13.9. The summed E-state index contributed by atoms with van der Waals surface area (Å²) in [5.41, 5.74) is 4.72. The summed E-state index contributed by atoms with van der Waals surface area (Å²) in [7, 11) is -3.63.